The third kappa shape index (κ3) is 4.12. The van der Waals surface area contributed by atoms with Crippen molar-refractivity contribution in [3.8, 4) is 23.1 Å². The number of aromatic nitrogens is 3. The lowest BCUT2D eigenvalue weighted by Crippen LogP contribution is -1.97. The number of aromatic amines is 1. The molecule has 128 valence electrons. The fourth-order valence-electron chi connectivity index (χ4n) is 2.43. The van der Waals surface area contributed by atoms with Crippen molar-refractivity contribution in [3.63, 3.8) is 0 Å². The minimum absolute atomic E-state index is 0.250. The summed E-state index contributed by atoms with van der Waals surface area (Å²) in [4.78, 5) is 8.36. The van der Waals surface area contributed by atoms with Gasteiger partial charge in [0.1, 0.15) is 17.5 Å². The number of ether oxygens (including phenoxy) is 1. The molecule has 1 heterocycles. The van der Waals surface area contributed by atoms with E-state index in [0.717, 1.165) is 34.9 Å². The number of carbonyl (C=O) groups is 1. The number of carboxylic acid groups (broad SMARTS) is 1. The number of unbranched alkanes of at least 4 members (excludes halogenated alkanes) is 1. The van der Waals surface area contributed by atoms with Crippen molar-refractivity contribution in [2.45, 2.75) is 19.8 Å². The summed E-state index contributed by atoms with van der Waals surface area (Å²) in [6.45, 7) is 2.59. The summed E-state index contributed by atoms with van der Waals surface area (Å²) >= 11 is 0. The second-order valence-corrected chi connectivity index (χ2v) is 5.10. The van der Waals surface area contributed by atoms with E-state index in [4.69, 9.17) is 19.9 Å². The average Bonchev–Trinajstić information content (AvgIpc) is 3.11. The van der Waals surface area contributed by atoms with Gasteiger partial charge in [0.2, 0.25) is 0 Å². The average molecular weight is 338 g/mol. The highest BCUT2D eigenvalue weighted by Gasteiger charge is 2.14. The molecule has 2 N–H and O–H groups in total. The Labute approximate surface area is 144 Å². The Morgan fingerprint density at radius 2 is 1.96 bits per heavy atom. The molecule has 7 heteroatoms. The van der Waals surface area contributed by atoms with E-state index in [1.165, 1.54) is 0 Å². The van der Waals surface area contributed by atoms with Gasteiger partial charge in [-0.05, 0) is 23.9 Å². The highest BCUT2D eigenvalue weighted by atomic mass is 16.5. The molecule has 25 heavy (non-hydrogen) atoms. The normalized spacial score (nSPS) is 9.76. The molecule has 0 aliphatic rings. The fraction of sp³-hybridized carbons (Fsp3) is 0.222. The minimum atomic E-state index is -0.250. The highest BCUT2D eigenvalue weighted by molar-refractivity contribution is 6.00. The van der Waals surface area contributed by atoms with Gasteiger partial charge in [-0.25, -0.2) is 0 Å². The molecule has 0 atom stereocenters. The summed E-state index contributed by atoms with van der Waals surface area (Å²) in [6.07, 6.45) is 2.12. The standard InChI is InChI=1S/C17H16N4O.CH2O2/c1-2-3-10-22-16-9-8-14(12-6-4-5-7-13(12)16)17-15(11-18)19-21-20-17;2-1-3/h4-9H,2-3,10H2,1H3,(H,19,20,21);1H,(H,2,3). The molecule has 0 aliphatic carbocycles. The summed E-state index contributed by atoms with van der Waals surface area (Å²) in [7, 11) is 0. The van der Waals surface area contributed by atoms with E-state index in [1.807, 2.05) is 36.4 Å². The molecule has 2 aromatic carbocycles. The molecular weight excluding hydrogens is 320 g/mol. The van der Waals surface area contributed by atoms with Crippen molar-refractivity contribution >= 4 is 17.2 Å². The van der Waals surface area contributed by atoms with E-state index in [0.29, 0.717) is 18.0 Å². The van der Waals surface area contributed by atoms with Gasteiger partial charge in [0, 0.05) is 10.9 Å². The van der Waals surface area contributed by atoms with Gasteiger partial charge >= 0.3 is 0 Å². The van der Waals surface area contributed by atoms with Crippen LogP contribution in [0.4, 0.5) is 0 Å². The Balaban J connectivity index is 0.000000701. The first-order chi connectivity index (χ1) is 12.3. The number of benzene rings is 2. The zero-order valence-corrected chi connectivity index (χ0v) is 13.8. The molecule has 0 radical (unpaired) electrons. The summed E-state index contributed by atoms with van der Waals surface area (Å²) < 4.78 is 5.88. The van der Waals surface area contributed by atoms with Crippen LogP contribution < -0.4 is 4.74 Å². The zero-order valence-electron chi connectivity index (χ0n) is 13.8. The topological polar surface area (TPSA) is 112 Å². The molecule has 0 amide bonds. The molecule has 0 saturated carbocycles. The van der Waals surface area contributed by atoms with Crippen LogP contribution in [0.3, 0.4) is 0 Å². The van der Waals surface area contributed by atoms with Gasteiger partial charge in [-0.1, -0.05) is 37.6 Å². The lowest BCUT2D eigenvalue weighted by Gasteiger charge is -2.11. The molecule has 3 aromatic rings. The van der Waals surface area contributed by atoms with Crippen molar-refractivity contribution in [2.24, 2.45) is 0 Å². The van der Waals surface area contributed by atoms with Crippen LogP contribution in [0.2, 0.25) is 0 Å². The van der Waals surface area contributed by atoms with Crippen LogP contribution in [0.1, 0.15) is 25.5 Å². The van der Waals surface area contributed by atoms with Crippen LogP contribution >= 0.6 is 0 Å². The van der Waals surface area contributed by atoms with Crippen LogP contribution in [0.25, 0.3) is 22.0 Å². The van der Waals surface area contributed by atoms with Crippen LogP contribution in [-0.4, -0.2) is 33.6 Å². The maximum absolute atomic E-state index is 9.14. The summed E-state index contributed by atoms with van der Waals surface area (Å²) in [5, 5.41) is 28.5. The maximum Gasteiger partial charge on any atom is 0.290 e. The predicted molar refractivity (Wildman–Crippen MR) is 93.1 cm³/mol. The van der Waals surface area contributed by atoms with Crippen molar-refractivity contribution < 1.29 is 14.6 Å². The van der Waals surface area contributed by atoms with Crippen molar-refractivity contribution in [2.75, 3.05) is 6.61 Å². The molecule has 0 saturated heterocycles. The van der Waals surface area contributed by atoms with Gasteiger partial charge in [0.05, 0.1) is 6.61 Å². The second kappa shape index (κ2) is 9.03. The van der Waals surface area contributed by atoms with E-state index in [9.17, 15) is 0 Å². The molecule has 0 fully saturated rings. The SMILES string of the molecule is CCCCOc1ccc(-c2n[nH]nc2C#N)c2ccccc12.O=CO. The number of hydrogen-bond donors (Lipinski definition) is 2. The molecule has 0 spiro atoms. The Hall–Kier alpha value is -3.40. The smallest absolute Gasteiger partial charge is 0.290 e. The van der Waals surface area contributed by atoms with E-state index < -0.39 is 0 Å². The second-order valence-electron chi connectivity index (χ2n) is 5.10. The molecular formula is C18H18N4O3. The minimum Gasteiger partial charge on any atom is -0.493 e. The Bertz CT molecular complexity index is 883. The van der Waals surface area contributed by atoms with Crippen molar-refractivity contribution in [3.05, 3.63) is 42.1 Å². The zero-order chi connectivity index (χ0) is 18.1. The summed E-state index contributed by atoms with van der Waals surface area (Å²) in [5.74, 6) is 0.856. The largest absolute Gasteiger partial charge is 0.493 e. The molecule has 0 unspecified atom stereocenters. The van der Waals surface area contributed by atoms with Crippen LogP contribution in [0.15, 0.2) is 36.4 Å². The number of nitriles is 1. The Kier molecular flexibility index (Phi) is 6.48. The maximum atomic E-state index is 9.14. The lowest BCUT2D eigenvalue weighted by molar-refractivity contribution is -0.122. The van der Waals surface area contributed by atoms with E-state index in [2.05, 4.69) is 28.4 Å². The van der Waals surface area contributed by atoms with Gasteiger partial charge in [-0.15, -0.1) is 5.10 Å². The number of nitrogens with zero attached hydrogens (tertiary/aromatic N) is 3. The van der Waals surface area contributed by atoms with E-state index >= 15 is 0 Å². The van der Waals surface area contributed by atoms with Gasteiger partial charge < -0.3 is 9.84 Å². The third-order valence-corrected chi connectivity index (χ3v) is 3.55. The van der Waals surface area contributed by atoms with Crippen LogP contribution in [-0.2, 0) is 4.79 Å². The van der Waals surface area contributed by atoms with Gasteiger partial charge in [-0.2, -0.15) is 15.6 Å². The summed E-state index contributed by atoms with van der Waals surface area (Å²) in [5.41, 5.74) is 1.74. The van der Waals surface area contributed by atoms with Gasteiger partial charge in [0.15, 0.2) is 5.69 Å². The van der Waals surface area contributed by atoms with Crippen LogP contribution in [0.5, 0.6) is 5.75 Å². The molecule has 0 aliphatic heterocycles. The number of H-pyrrole nitrogens is 1. The first-order valence-electron chi connectivity index (χ1n) is 7.80. The summed E-state index contributed by atoms with van der Waals surface area (Å²) in [6, 6.07) is 13.9. The predicted octanol–water partition coefficient (Wildman–Crippen LogP) is 3.38. The molecule has 7 nitrogen and oxygen atoms in total. The number of hydrogen-bond acceptors (Lipinski definition) is 5. The van der Waals surface area contributed by atoms with Gasteiger partial charge in [-0.3, -0.25) is 4.79 Å². The molecule has 1 aromatic heterocycles. The highest BCUT2D eigenvalue weighted by Crippen LogP contribution is 2.34. The number of fused-ring (bicyclic) bond motifs is 1. The molecule has 0 bridgehead atoms. The number of rotatable bonds is 5. The Morgan fingerprint density at radius 1 is 1.24 bits per heavy atom. The van der Waals surface area contributed by atoms with Crippen molar-refractivity contribution in [1.82, 2.24) is 15.4 Å². The van der Waals surface area contributed by atoms with Gasteiger partial charge in [0.25, 0.3) is 6.47 Å². The number of nitrogens with one attached hydrogen (secondary N) is 1. The van der Waals surface area contributed by atoms with Crippen molar-refractivity contribution in [1.29, 1.82) is 5.26 Å². The van der Waals surface area contributed by atoms with E-state index in [-0.39, 0.29) is 6.47 Å². The third-order valence-electron chi connectivity index (χ3n) is 3.55. The quantitative estimate of drug-likeness (QED) is 0.545. The lowest BCUT2D eigenvalue weighted by atomic mass is 10.0. The monoisotopic (exact) mass is 338 g/mol. The van der Waals surface area contributed by atoms with E-state index in [1.54, 1.807) is 0 Å². The first kappa shape index (κ1) is 17.9. The first-order valence-corrected chi connectivity index (χ1v) is 7.80. The van der Waals surface area contributed by atoms with Crippen LogP contribution in [0, 0.1) is 11.3 Å². The Morgan fingerprint density at radius 3 is 2.64 bits per heavy atom. The molecule has 3 rings (SSSR count). The fourth-order valence-corrected chi connectivity index (χ4v) is 2.43.